The quantitative estimate of drug-likeness (QED) is 0.363. The smallest absolute Gasteiger partial charge is 0.305 e. The number of carbonyl (C=O) groups is 3. The van der Waals surface area contributed by atoms with Gasteiger partial charge in [-0.1, -0.05) is 45.4 Å². The number of thioether (sulfide) groups is 1. The van der Waals surface area contributed by atoms with E-state index in [1.165, 1.54) is 6.21 Å². The van der Waals surface area contributed by atoms with Crippen molar-refractivity contribution in [2.75, 3.05) is 11.9 Å². The summed E-state index contributed by atoms with van der Waals surface area (Å²) < 4.78 is 6.41. The van der Waals surface area contributed by atoms with Crippen LogP contribution in [0.1, 0.15) is 17.5 Å². The van der Waals surface area contributed by atoms with Crippen LogP contribution in [0, 0.1) is 6.92 Å². The molecule has 0 aliphatic carbocycles. The van der Waals surface area contributed by atoms with Gasteiger partial charge >= 0.3 is 5.97 Å². The van der Waals surface area contributed by atoms with Crippen LogP contribution < -0.4 is 15.4 Å². The number of rotatable bonds is 8. The van der Waals surface area contributed by atoms with Gasteiger partial charge in [0.05, 0.1) is 12.6 Å². The van der Waals surface area contributed by atoms with Crippen molar-refractivity contribution in [3.8, 4) is 5.75 Å². The van der Waals surface area contributed by atoms with Crippen LogP contribution >= 0.6 is 27.7 Å². The van der Waals surface area contributed by atoms with Crippen LogP contribution in [-0.4, -0.2) is 46.1 Å². The third-order valence-electron chi connectivity index (χ3n) is 4.15. The van der Waals surface area contributed by atoms with Gasteiger partial charge in [-0.15, -0.1) is 5.10 Å². The van der Waals surface area contributed by atoms with Gasteiger partial charge in [0.2, 0.25) is 5.91 Å². The lowest BCUT2D eigenvalue weighted by Gasteiger charge is -2.10. The molecule has 1 aliphatic rings. The maximum atomic E-state index is 12.2. The lowest BCUT2D eigenvalue weighted by Crippen LogP contribution is -2.26. The van der Waals surface area contributed by atoms with Crippen molar-refractivity contribution in [3.05, 3.63) is 58.1 Å². The van der Waals surface area contributed by atoms with E-state index >= 15 is 0 Å². The monoisotopic (exact) mass is 518 g/mol. The summed E-state index contributed by atoms with van der Waals surface area (Å²) in [5.74, 6) is -1.38. The molecule has 1 atom stereocenters. The Labute approximate surface area is 196 Å². The number of amides is 2. The zero-order chi connectivity index (χ0) is 23.1. The Morgan fingerprint density at radius 2 is 2.03 bits per heavy atom. The fourth-order valence-electron chi connectivity index (χ4n) is 2.62. The number of carboxylic acids is 1. The molecule has 0 bridgehead atoms. The Bertz CT molecular complexity index is 1090. The van der Waals surface area contributed by atoms with Crippen LogP contribution in [-0.2, 0) is 14.4 Å². The Morgan fingerprint density at radius 1 is 1.28 bits per heavy atom. The first kappa shape index (κ1) is 23.5. The number of nitrogens with one attached hydrogen (secondary N) is 2. The van der Waals surface area contributed by atoms with Crippen molar-refractivity contribution in [1.82, 2.24) is 5.32 Å². The standard InChI is InChI=1S/C21H19BrN4O5S/c1-12-2-5-15(6-3-12)24-18(27)11-31-16-7-4-14(22)8-13(16)10-23-26-21-25-20(30)17(32-21)9-19(28)29/h2-8,10,17H,9,11H2,1H3,(H,24,27)(H,28,29)(H,25,26,30). The summed E-state index contributed by atoms with van der Waals surface area (Å²) in [5.41, 5.74) is 2.33. The number of anilines is 1. The van der Waals surface area contributed by atoms with Crippen molar-refractivity contribution in [2.45, 2.75) is 18.6 Å². The SMILES string of the molecule is Cc1ccc(NC(=O)COc2ccc(Br)cc2C=NN=C2NC(=O)C(CC(=O)O)S2)cc1. The molecule has 0 radical (unpaired) electrons. The van der Waals surface area contributed by atoms with E-state index in [0.29, 0.717) is 17.0 Å². The second-order valence-corrected chi connectivity index (χ2v) is 8.84. The Hall–Kier alpha value is -3.18. The summed E-state index contributed by atoms with van der Waals surface area (Å²) >= 11 is 4.38. The number of hydrogen-bond donors (Lipinski definition) is 3. The average molecular weight is 519 g/mol. The number of carboxylic acid groups (broad SMARTS) is 1. The molecular weight excluding hydrogens is 500 g/mol. The van der Waals surface area contributed by atoms with E-state index in [-0.39, 0.29) is 24.1 Å². The number of benzene rings is 2. The maximum absolute atomic E-state index is 12.2. The highest BCUT2D eigenvalue weighted by atomic mass is 79.9. The summed E-state index contributed by atoms with van der Waals surface area (Å²) in [6, 6.07) is 12.6. The minimum absolute atomic E-state index is 0.201. The van der Waals surface area contributed by atoms with E-state index < -0.39 is 17.1 Å². The van der Waals surface area contributed by atoms with Gasteiger partial charge in [0, 0.05) is 15.7 Å². The molecule has 11 heteroatoms. The van der Waals surface area contributed by atoms with E-state index in [1.54, 1.807) is 18.2 Å². The Kier molecular flexibility index (Phi) is 8.01. The Morgan fingerprint density at radius 3 is 2.75 bits per heavy atom. The fraction of sp³-hybridized carbons (Fsp3) is 0.190. The molecule has 1 saturated heterocycles. The Balaban J connectivity index is 1.62. The molecule has 0 aromatic heterocycles. The van der Waals surface area contributed by atoms with Gasteiger partial charge in [0.15, 0.2) is 11.8 Å². The number of aliphatic carboxylic acids is 1. The third-order valence-corrected chi connectivity index (χ3v) is 5.71. The van der Waals surface area contributed by atoms with Crippen molar-refractivity contribution >= 4 is 62.5 Å². The first-order valence-corrected chi connectivity index (χ1v) is 11.1. The van der Waals surface area contributed by atoms with Crippen molar-refractivity contribution in [1.29, 1.82) is 0 Å². The van der Waals surface area contributed by atoms with Crippen LogP contribution in [0.25, 0.3) is 0 Å². The van der Waals surface area contributed by atoms with Crippen molar-refractivity contribution in [3.63, 3.8) is 0 Å². The van der Waals surface area contributed by atoms with E-state index in [4.69, 9.17) is 9.84 Å². The summed E-state index contributed by atoms with van der Waals surface area (Å²) in [4.78, 5) is 34.7. The number of aryl methyl sites for hydroxylation is 1. The number of halogens is 1. The van der Waals surface area contributed by atoms with Gasteiger partial charge in [-0.05, 0) is 37.3 Å². The molecule has 32 heavy (non-hydrogen) atoms. The van der Waals surface area contributed by atoms with Gasteiger partial charge in [0.1, 0.15) is 11.0 Å². The average Bonchev–Trinajstić information content (AvgIpc) is 3.07. The predicted octanol–water partition coefficient (Wildman–Crippen LogP) is 3.17. The van der Waals surface area contributed by atoms with Crippen LogP contribution in [0.2, 0.25) is 0 Å². The zero-order valence-corrected chi connectivity index (χ0v) is 19.3. The number of ether oxygens (including phenoxy) is 1. The molecule has 1 unspecified atom stereocenters. The van der Waals surface area contributed by atoms with Gasteiger partial charge in [-0.3, -0.25) is 14.4 Å². The van der Waals surface area contributed by atoms with Gasteiger partial charge in [-0.2, -0.15) is 5.10 Å². The predicted molar refractivity (Wildman–Crippen MR) is 126 cm³/mol. The third kappa shape index (κ3) is 6.92. The molecule has 3 N–H and O–H groups in total. The normalized spacial score (nSPS) is 16.9. The topological polar surface area (TPSA) is 129 Å². The number of carbonyl (C=O) groups excluding carboxylic acids is 2. The first-order chi connectivity index (χ1) is 15.3. The zero-order valence-electron chi connectivity index (χ0n) is 16.9. The number of nitrogens with zero attached hydrogens (tertiary/aromatic N) is 2. The second kappa shape index (κ2) is 10.9. The molecule has 2 aromatic rings. The minimum Gasteiger partial charge on any atom is -0.483 e. The first-order valence-electron chi connectivity index (χ1n) is 9.39. The summed E-state index contributed by atoms with van der Waals surface area (Å²) in [6.07, 6.45) is 1.12. The molecule has 1 aliphatic heterocycles. The highest BCUT2D eigenvalue weighted by Crippen LogP contribution is 2.24. The lowest BCUT2D eigenvalue weighted by molar-refractivity contribution is -0.138. The molecule has 9 nitrogen and oxygen atoms in total. The molecule has 0 spiro atoms. The van der Waals surface area contributed by atoms with Gasteiger partial charge in [0.25, 0.3) is 5.91 Å². The van der Waals surface area contributed by atoms with Crippen LogP contribution in [0.3, 0.4) is 0 Å². The highest BCUT2D eigenvalue weighted by Gasteiger charge is 2.32. The molecule has 1 fully saturated rings. The summed E-state index contributed by atoms with van der Waals surface area (Å²) in [5, 5.41) is 21.4. The van der Waals surface area contributed by atoms with Crippen LogP contribution in [0.5, 0.6) is 5.75 Å². The molecule has 2 amide bonds. The van der Waals surface area contributed by atoms with Gasteiger partial charge in [-0.25, -0.2) is 0 Å². The number of hydrogen-bond acceptors (Lipinski definition) is 7. The molecular formula is C21H19BrN4O5S. The van der Waals surface area contributed by atoms with Crippen LogP contribution in [0.4, 0.5) is 5.69 Å². The van der Waals surface area contributed by atoms with E-state index in [1.807, 2.05) is 31.2 Å². The molecule has 1 heterocycles. The van der Waals surface area contributed by atoms with E-state index in [0.717, 1.165) is 21.8 Å². The fourth-order valence-corrected chi connectivity index (χ4v) is 3.91. The van der Waals surface area contributed by atoms with E-state index in [2.05, 4.69) is 36.8 Å². The maximum Gasteiger partial charge on any atom is 0.305 e. The highest BCUT2D eigenvalue weighted by molar-refractivity contribution is 9.10. The minimum atomic E-state index is -1.07. The summed E-state index contributed by atoms with van der Waals surface area (Å²) in [6.45, 7) is 1.76. The van der Waals surface area contributed by atoms with Gasteiger partial charge < -0.3 is 20.5 Å². The molecule has 2 aromatic carbocycles. The second-order valence-electron chi connectivity index (χ2n) is 6.73. The largest absolute Gasteiger partial charge is 0.483 e. The molecule has 3 rings (SSSR count). The lowest BCUT2D eigenvalue weighted by atomic mass is 10.2. The van der Waals surface area contributed by atoms with E-state index in [9.17, 15) is 14.4 Å². The van der Waals surface area contributed by atoms with Crippen molar-refractivity contribution in [2.24, 2.45) is 10.2 Å². The van der Waals surface area contributed by atoms with Crippen LogP contribution in [0.15, 0.2) is 57.1 Å². The molecule has 0 saturated carbocycles. The molecule has 166 valence electrons. The summed E-state index contributed by atoms with van der Waals surface area (Å²) in [7, 11) is 0. The number of amidine groups is 1. The van der Waals surface area contributed by atoms with Crippen molar-refractivity contribution < 1.29 is 24.2 Å².